The number of hydrogen-bond donors (Lipinski definition) is 1. The molecule has 1 unspecified atom stereocenters. The smallest absolute Gasteiger partial charge is 0.250 e. The summed E-state index contributed by atoms with van der Waals surface area (Å²) in [6.07, 6.45) is 0.603. The Morgan fingerprint density at radius 3 is 2.45 bits per heavy atom. The van der Waals surface area contributed by atoms with Gasteiger partial charge in [0.25, 0.3) is 0 Å². The Bertz CT molecular complexity index is 1420. The van der Waals surface area contributed by atoms with E-state index in [1.165, 1.54) is 11.3 Å². The van der Waals surface area contributed by atoms with E-state index in [2.05, 4.69) is 5.32 Å². The molecule has 8 heteroatoms. The third-order valence-electron chi connectivity index (χ3n) is 6.82. The van der Waals surface area contributed by atoms with Crippen LogP contribution in [0.5, 0.6) is 11.5 Å². The van der Waals surface area contributed by atoms with Gasteiger partial charge in [-0.05, 0) is 31.0 Å². The van der Waals surface area contributed by atoms with Crippen molar-refractivity contribution in [2.24, 2.45) is 0 Å². The quantitative estimate of drug-likeness (QED) is 0.292. The minimum absolute atomic E-state index is 0.141. The molecule has 7 nitrogen and oxygen atoms in total. The van der Waals surface area contributed by atoms with Crippen molar-refractivity contribution in [3.63, 3.8) is 0 Å². The molecule has 1 aliphatic heterocycles. The van der Waals surface area contributed by atoms with Crippen molar-refractivity contribution in [2.75, 3.05) is 12.1 Å². The molecule has 0 saturated carbocycles. The van der Waals surface area contributed by atoms with Gasteiger partial charge in [-0.25, -0.2) is 4.98 Å². The first-order chi connectivity index (χ1) is 18.5. The number of carbonyl (C=O) groups excluding carboxylic acids is 2. The van der Waals surface area contributed by atoms with E-state index < -0.39 is 5.54 Å². The first-order valence-corrected chi connectivity index (χ1v) is 13.4. The van der Waals surface area contributed by atoms with E-state index >= 15 is 0 Å². The maximum Gasteiger partial charge on any atom is 0.250 e. The van der Waals surface area contributed by atoms with Crippen LogP contribution in [-0.4, -0.2) is 34.0 Å². The average molecular weight is 528 g/mol. The van der Waals surface area contributed by atoms with Crippen molar-refractivity contribution in [1.29, 1.82) is 0 Å². The summed E-state index contributed by atoms with van der Waals surface area (Å²) < 4.78 is 10.8. The molecule has 0 radical (unpaired) electrons. The number of hydrogen-bond acceptors (Lipinski definition) is 6. The van der Waals surface area contributed by atoms with E-state index in [1.807, 2.05) is 79.9 Å². The lowest BCUT2D eigenvalue weighted by molar-refractivity contribution is -0.145. The van der Waals surface area contributed by atoms with Crippen LogP contribution in [0.2, 0.25) is 0 Å². The van der Waals surface area contributed by atoms with Gasteiger partial charge in [0.15, 0.2) is 11.5 Å². The molecular formula is C30H29N3O4S. The molecule has 1 aromatic heterocycles. The molecule has 38 heavy (non-hydrogen) atoms. The van der Waals surface area contributed by atoms with Crippen molar-refractivity contribution >= 4 is 28.8 Å². The fourth-order valence-electron chi connectivity index (χ4n) is 4.38. The normalized spacial score (nSPS) is 13.5. The van der Waals surface area contributed by atoms with E-state index in [0.29, 0.717) is 23.6 Å². The summed E-state index contributed by atoms with van der Waals surface area (Å²) in [6, 6.07) is 24.8. The van der Waals surface area contributed by atoms with Gasteiger partial charge in [-0.2, -0.15) is 0 Å². The summed E-state index contributed by atoms with van der Waals surface area (Å²) in [5, 5.41) is 5.75. The van der Waals surface area contributed by atoms with Crippen molar-refractivity contribution in [3.8, 4) is 22.8 Å². The number of fused-ring (bicyclic) bond motifs is 1. The molecule has 0 fully saturated rings. The summed E-state index contributed by atoms with van der Waals surface area (Å²) in [5.41, 5.74) is 2.21. The lowest BCUT2D eigenvalue weighted by atomic mass is 9.93. The minimum Gasteiger partial charge on any atom is -0.454 e. The van der Waals surface area contributed by atoms with Crippen LogP contribution in [-0.2, 0) is 22.6 Å². The number of ether oxygens (including phenoxy) is 2. The standard InChI is InChI=1S/C30H29N3O4S/c1-3-30(2,29(35)31-23-14-15-25-26(17-23)37-20-36-25)33(28(34)16-21-10-6-4-7-11-21)18-27-32-24(19-38-27)22-12-8-5-9-13-22/h4-15,17,19H,3,16,18,20H2,1-2H3,(H,31,35). The van der Waals surface area contributed by atoms with Crippen LogP contribution in [0, 0.1) is 0 Å². The number of carbonyl (C=O) groups is 2. The van der Waals surface area contributed by atoms with E-state index in [1.54, 1.807) is 23.1 Å². The SMILES string of the molecule is CCC(C)(C(=O)Nc1ccc2c(c1)OCO2)N(Cc1nc(-c2ccccc2)cs1)C(=O)Cc1ccccc1. The Kier molecular flexibility index (Phi) is 7.42. The molecular weight excluding hydrogens is 498 g/mol. The van der Waals surface area contributed by atoms with Gasteiger partial charge in [0.2, 0.25) is 18.6 Å². The van der Waals surface area contributed by atoms with Crippen molar-refractivity contribution in [3.05, 3.63) is 94.8 Å². The summed E-state index contributed by atoms with van der Waals surface area (Å²) in [7, 11) is 0. The van der Waals surface area contributed by atoms with Gasteiger partial charge in [-0.3, -0.25) is 9.59 Å². The van der Waals surface area contributed by atoms with Crippen LogP contribution in [0.4, 0.5) is 5.69 Å². The highest BCUT2D eigenvalue weighted by molar-refractivity contribution is 7.09. The largest absolute Gasteiger partial charge is 0.454 e. The predicted octanol–water partition coefficient (Wildman–Crippen LogP) is 5.92. The number of nitrogens with zero attached hydrogens (tertiary/aromatic N) is 2. The summed E-state index contributed by atoms with van der Waals surface area (Å²) in [4.78, 5) is 34.0. The molecule has 2 amide bonds. The number of amides is 2. The summed E-state index contributed by atoms with van der Waals surface area (Å²) in [5.74, 6) is 0.797. The van der Waals surface area contributed by atoms with Gasteiger partial charge in [0.05, 0.1) is 18.7 Å². The summed E-state index contributed by atoms with van der Waals surface area (Å²) in [6.45, 7) is 4.10. The summed E-state index contributed by atoms with van der Waals surface area (Å²) >= 11 is 1.49. The molecule has 0 saturated heterocycles. The fraction of sp³-hybridized carbons (Fsp3) is 0.233. The molecule has 4 aromatic rings. The second kappa shape index (κ2) is 11.1. The Hall–Kier alpha value is -4.17. The number of benzene rings is 3. The minimum atomic E-state index is -1.12. The van der Waals surface area contributed by atoms with Crippen molar-refractivity contribution < 1.29 is 19.1 Å². The molecule has 1 N–H and O–H groups in total. The van der Waals surface area contributed by atoms with Gasteiger partial charge < -0.3 is 19.7 Å². The highest BCUT2D eigenvalue weighted by Gasteiger charge is 2.41. The Labute approximate surface area is 226 Å². The highest BCUT2D eigenvalue weighted by Crippen LogP contribution is 2.35. The third-order valence-corrected chi connectivity index (χ3v) is 7.65. The maximum absolute atomic E-state index is 13.8. The predicted molar refractivity (Wildman–Crippen MR) is 148 cm³/mol. The molecule has 0 bridgehead atoms. The van der Waals surface area contributed by atoms with Gasteiger partial charge in [0, 0.05) is 22.7 Å². The first-order valence-electron chi connectivity index (χ1n) is 12.5. The molecule has 194 valence electrons. The molecule has 3 aromatic carbocycles. The van der Waals surface area contributed by atoms with Crippen molar-refractivity contribution in [1.82, 2.24) is 9.88 Å². The fourth-order valence-corrected chi connectivity index (χ4v) is 5.17. The van der Waals surface area contributed by atoms with Gasteiger partial charge >= 0.3 is 0 Å². The number of aromatic nitrogens is 1. The van der Waals surface area contributed by atoms with Gasteiger partial charge in [-0.15, -0.1) is 11.3 Å². The first kappa shape index (κ1) is 25.5. The molecule has 2 heterocycles. The molecule has 0 spiro atoms. The van der Waals surface area contributed by atoms with Crippen LogP contribution in [0.3, 0.4) is 0 Å². The van der Waals surface area contributed by atoms with Crippen LogP contribution in [0.1, 0.15) is 30.8 Å². The van der Waals surface area contributed by atoms with E-state index in [-0.39, 0.29) is 31.6 Å². The zero-order valence-corrected chi connectivity index (χ0v) is 22.2. The Balaban J connectivity index is 1.43. The van der Waals surface area contributed by atoms with E-state index in [0.717, 1.165) is 21.8 Å². The second-order valence-corrected chi connectivity index (χ2v) is 10.2. The molecule has 1 atom stereocenters. The van der Waals surface area contributed by atoms with Crippen molar-refractivity contribution in [2.45, 2.75) is 38.8 Å². The topological polar surface area (TPSA) is 80.8 Å². The van der Waals surface area contributed by atoms with Crippen LogP contribution in [0.15, 0.2) is 84.2 Å². The van der Waals surface area contributed by atoms with Crippen LogP contribution in [0.25, 0.3) is 11.3 Å². The Morgan fingerprint density at radius 1 is 1.00 bits per heavy atom. The van der Waals surface area contributed by atoms with E-state index in [9.17, 15) is 9.59 Å². The van der Waals surface area contributed by atoms with Gasteiger partial charge in [0.1, 0.15) is 10.5 Å². The number of thiazole rings is 1. The Morgan fingerprint density at radius 2 is 1.71 bits per heavy atom. The number of nitrogens with one attached hydrogen (secondary N) is 1. The molecule has 5 rings (SSSR count). The zero-order valence-electron chi connectivity index (χ0n) is 21.3. The monoisotopic (exact) mass is 527 g/mol. The molecule has 1 aliphatic rings. The lowest BCUT2D eigenvalue weighted by Crippen LogP contribution is -2.56. The maximum atomic E-state index is 13.8. The number of anilines is 1. The zero-order chi connectivity index (χ0) is 26.5. The third kappa shape index (κ3) is 5.40. The lowest BCUT2D eigenvalue weighted by Gasteiger charge is -2.39. The average Bonchev–Trinajstić information content (AvgIpc) is 3.62. The van der Waals surface area contributed by atoms with Crippen LogP contribution < -0.4 is 14.8 Å². The number of rotatable bonds is 9. The van der Waals surface area contributed by atoms with E-state index in [4.69, 9.17) is 14.5 Å². The molecule has 0 aliphatic carbocycles. The van der Waals surface area contributed by atoms with Gasteiger partial charge in [-0.1, -0.05) is 67.6 Å². The highest BCUT2D eigenvalue weighted by atomic mass is 32.1. The second-order valence-electron chi connectivity index (χ2n) is 9.28. The van der Waals surface area contributed by atoms with Crippen LogP contribution >= 0.6 is 11.3 Å².